The largest absolute Gasteiger partial charge is 0.440 e. The summed E-state index contributed by atoms with van der Waals surface area (Å²) in [6.45, 7) is 5.25. The molecular formula is C18H25F3N2O. The van der Waals surface area contributed by atoms with E-state index >= 15 is 0 Å². The minimum Gasteiger partial charge on any atom is -0.440 e. The van der Waals surface area contributed by atoms with E-state index in [2.05, 4.69) is 4.98 Å². The molecule has 1 unspecified atom stereocenters. The maximum atomic E-state index is 13.0. The van der Waals surface area contributed by atoms with E-state index in [1.165, 1.54) is 32.1 Å². The summed E-state index contributed by atoms with van der Waals surface area (Å²) in [5, 5.41) is 0. The number of halogens is 3. The zero-order chi connectivity index (χ0) is 17.9. The first kappa shape index (κ1) is 18.8. The summed E-state index contributed by atoms with van der Waals surface area (Å²) in [5.74, 6) is 0.217. The van der Waals surface area contributed by atoms with E-state index in [1.54, 1.807) is 13.0 Å². The lowest BCUT2D eigenvalue weighted by Gasteiger charge is -2.11. The van der Waals surface area contributed by atoms with E-state index in [0.29, 0.717) is 11.5 Å². The average molecular weight is 342 g/mol. The molecule has 6 heteroatoms. The van der Waals surface area contributed by atoms with Gasteiger partial charge >= 0.3 is 6.18 Å². The smallest absolute Gasteiger partial charge is 0.420 e. The third-order valence-corrected chi connectivity index (χ3v) is 4.10. The zero-order valence-corrected chi connectivity index (χ0v) is 14.4. The average Bonchev–Trinajstić information content (AvgIpc) is 3.17. The first-order valence-corrected chi connectivity index (χ1v) is 8.47. The molecule has 1 fully saturated rings. The van der Waals surface area contributed by atoms with Crippen molar-refractivity contribution in [1.82, 2.24) is 4.98 Å². The molecule has 0 radical (unpaired) electrons. The van der Waals surface area contributed by atoms with Crippen LogP contribution in [0.15, 0.2) is 16.5 Å². The van der Waals surface area contributed by atoms with Crippen LogP contribution >= 0.6 is 0 Å². The SMILES string of the molecule is C1CCCC1.CC(C)c1nc2cc(C(C)N)cc(C(F)(F)F)c2o1. The van der Waals surface area contributed by atoms with Gasteiger partial charge in [0.2, 0.25) is 0 Å². The van der Waals surface area contributed by atoms with E-state index in [-0.39, 0.29) is 17.0 Å². The summed E-state index contributed by atoms with van der Waals surface area (Å²) in [5.41, 5.74) is 5.21. The molecule has 1 aromatic heterocycles. The van der Waals surface area contributed by atoms with Crippen LogP contribution in [0, 0.1) is 0 Å². The molecule has 0 aliphatic heterocycles. The van der Waals surface area contributed by atoms with Gasteiger partial charge in [0.25, 0.3) is 0 Å². The van der Waals surface area contributed by atoms with E-state index in [0.717, 1.165) is 6.07 Å². The first-order chi connectivity index (χ1) is 11.2. The number of nitrogens with zero attached hydrogens (tertiary/aromatic N) is 1. The van der Waals surface area contributed by atoms with Crippen LogP contribution in [0.3, 0.4) is 0 Å². The van der Waals surface area contributed by atoms with Crippen LogP contribution in [-0.4, -0.2) is 4.98 Å². The van der Waals surface area contributed by atoms with Crippen molar-refractivity contribution in [3.63, 3.8) is 0 Å². The lowest BCUT2D eigenvalue weighted by atomic mass is 10.0. The molecule has 3 nitrogen and oxygen atoms in total. The Morgan fingerprint density at radius 1 is 1.04 bits per heavy atom. The van der Waals surface area contributed by atoms with Gasteiger partial charge in [-0.15, -0.1) is 0 Å². The van der Waals surface area contributed by atoms with Gasteiger partial charge in [0.1, 0.15) is 11.1 Å². The van der Waals surface area contributed by atoms with Crippen molar-refractivity contribution in [2.24, 2.45) is 5.73 Å². The van der Waals surface area contributed by atoms with Crippen molar-refractivity contribution in [2.75, 3.05) is 0 Å². The molecule has 2 N–H and O–H groups in total. The van der Waals surface area contributed by atoms with Gasteiger partial charge in [0.15, 0.2) is 11.5 Å². The fourth-order valence-electron chi connectivity index (χ4n) is 2.68. The number of alkyl halides is 3. The van der Waals surface area contributed by atoms with Crippen molar-refractivity contribution < 1.29 is 17.6 Å². The van der Waals surface area contributed by atoms with Gasteiger partial charge in [-0.25, -0.2) is 4.98 Å². The maximum Gasteiger partial charge on any atom is 0.420 e. The van der Waals surface area contributed by atoms with E-state index in [1.807, 2.05) is 13.8 Å². The van der Waals surface area contributed by atoms with Crippen molar-refractivity contribution in [1.29, 1.82) is 0 Å². The fourth-order valence-corrected chi connectivity index (χ4v) is 2.68. The summed E-state index contributed by atoms with van der Waals surface area (Å²) in [4.78, 5) is 4.11. The molecule has 1 atom stereocenters. The Morgan fingerprint density at radius 2 is 1.58 bits per heavy atom. The second-order valence-corrected chi connectivity index (χ2v) is 6.68. The van der Waals surface area contributed by atoms with Crippen LogP contribution < -0.4 is 5.73 Å². The number of fused-ring (bicyclic) bond motifs is 1. The Morgan fingerprint density at radius 3 is 2.00 bits per heavy atom. The lowest BCUT2D eigenvalue weighted by Crippen LogP contribution is -2.10. The molecule has 2 aromatic rings. The Bertz CT molecular complexity index is 663. The molecule has 3 rings (SSSR count). The second kappa shape index (κ2) is 7.55. The Kier molecular flexibility index (Phi) is 5.91. The molecule has 1 aromatic carbocycles. The minimum atomic E-state index is -4.49. The number of oxazole rings is 1. The maximum absolute atomic E-state index is 13.0. The van der Waals surface area contributed by atoms with E-state index in [4.69, 9.17) is 10.2 Å². The van der Waals surface area contributed by atoms with Crippen LogP contribution in [0.5, 0.6) is 0 Å². The van der Waals surface area contributed by atoms with Gasteiger partial charge in [-0.3, -0.25) is 0 Å². The Labute approximate surface area is 140 Å². The number of benzene rings is 1. The van der Waals surface area contributed by atoms with Gasteiger partial charge in [0, 0.05) is 12.0 Å². The summed E-state index contributed by atoms with van der Waals surface area (Å²) in [6.07, 6.45) is 3.01. The molecule has 1 aliphatic carbocycles. The minimum absolute atomic E-state index is 0.0766. The Balaban J connectivity index is 0.000000355. The summed E-state index contributed by atoms with van der Waals surface area (Å²) in [6, 6.07) is 2.08. The standard InChI is InChI=1S/C13H15F3N2O.C5H10/c1-6(2)12-18-10-5-8(7(3)17)4-9(11(10)19-12)13(14,15)16;1-2-4-5-3-1/h4-7H,17H2,1-3H3;1-5H2. The van der Waals surface area contributed by atoms with E-state index < -0.39 is 17.8 Å². The summed E-state index contributed by atoms with van der Waals surface area (Å²) in [7, 11) is 0. The predicted octanol–water partition coefficient (Wildman–Crippen LogP) is 5.94. The monoisotopic (exact) mass is 342 g/mol. The van der Waals surface area contributed by atoms with Crippen LogP contribution in [0.2, 0.25) is 0 Å². The summed E-state index contributed by atoms with van der Waals surface area (Å²) >= 11 is 0. The molecule has 0 amide bonds. The quantitative estimate of drug-likeness (QED) is 0.735. The number of rotatable bonds is 2. The highest BCUT2D eigenvalue weighted by Gasteiger charge is 2.35. The molecule has 1 saturated carbocycles. The molecular weight excluding hydrogens is 317 g/mol. The fraction of sp³-hybridized carbons (Fsp3) is 0.611. The number of hydrogen-bond donors (Lipinski definition) is 1. The second-order valence-electron chi connectivity index (χ2n) is 6.68. The first-order valence-electron chi connectivity index (χ1n) is 8.47. The normalized spacial score (nSPS) is 16.3. The number of nitrogens with two attached hydrogens (primary N) is 1. The lowest BCUT2D eigenvalue weighted by molar-refractivity contribution is -0.136. The van der Waals surface area contributed by atoms with Crippen LogP contribution in [0.25, 0.3) is 11.1 Å². The third kappa shape index (κ3) is 4.50. The van der Waals surface area contributed by atoms with E-state index in [9.17, 15) is 13.2 Å². The molecule has 1 aliphatic rings. The van der Waals surface area contributed by atoms with Crippen molar-refractivity contribution in [2.45, 2.75) is 71.0 Å². The van der Waals surface area contributed by atoms with Crippen molar-refractivity contribution in [3.05, 3.63) is 29.2 Å². The zero-order valence-electron chi connectivity index (χ0n) is 14.4. The predicted molar refractivity (Wildman–Crippen MR) is 88.8 cm³/mol. The van der Waals surface area contributed by atoms with Crippen molar-refractivity contribution >= 4 is 11.1 Å². The van der Waals surface area contributed by atoms with Crippen LogP contribution in [0.1, 0.15) is 81.9 Å². The molecule has 0 saturated heterocycles. The van der Waals surface area contributed by atoms with Gasteiger partial charge in [-0.2, -0.15) is 13.2 Å². The van der Waals surface area contributed by atoms with Gasteiger partial charge in [0.05, 0.1) is 0 Å². The number of hydrogen-bond acceptors (Lipinski definition) is 3. The van der Waals surface area contributed by atoms with Gasteiger partial charge < -0.3 is 10.2 Å². The highest BCUT2D eigenvalue weighted by atomic mass is 19.4. The molecule has 0 bridgehead atoms. The Hall–Kier alpha value is -1.56. The number of aromatic nitrogens is 1. The summed E-state index contributed by atoms with van der Waals surface area (Å²) < 4.78 is 44.4. The molecule has 134 valence electrons. The highest BCUT2D eigenvalue weighted by molar-refractivity contribution is 5.78. The van der Waals surface area contributed by atoms with Gasteiger partial charge in [-0.05, 0) is 24.6 Å². The van der Waals surface area contributed by atoms with Crippen LogP contribution in [0.4, 0.5) is 13.2 Å². The highest BCUT2D eigenvalue weighted by Crippen LogP contribution is 2.37. The topological polar surface area (TPSA) is 52.0 Å². The molecule has 1 heterocycles. The third-order valence-electron chi connectivity index (χ3n) is 4.10. The molecule has 0 spiro atoms. The van der Waals surface area contributed by atoms with Crippen LogP contribution in [-0.2, 0) is 6.18 Å². The van der Waals surface area contributed by atoms with Gasteiger partial charge in [-0.1, -0.05) is 46.0 Å². The molecule has 24 heavy (non-hydrogen) atoms. The van der Waals surface area contributed by atoms with Crippen molar-refractivity contribution in [3.8, 4) is 0 Å².